The molecular formula is C22H19FN4O. The van der Waals surface area contributed by atoms with Crippen LogP contribution in [0.5, 0.6) is 0 Å². The summed E-state index contributed by atoms with van der Waals surface area (Å²) < 4.78 is 13.7. The molecule has 0 unspecified atom stereocenters. The van der Waals surface area contributed by atoms with Gasteiger partial charge in [-0.25, -0.2) is 4.39 Å². The largest absolute Gasteiger partial charge is 0.345 e. The number of aromatic amines is 1. The predicted molar refractivity (Wildman–Crippen MR) is 107 cm³/mol. The zero-order chi connectivity index (χ0) is 19.8. The number of benzene rings is 2. The molecule has 0 aliphatic carbocycles. The number of hydrogen-bond donors (Lipinski definition) is 1. The molecule has 5 nitrogen and oxygen atoms in total. The lowest BCUT2D eigenvalue weighted by atomic mass is 9.95. The van der Waals surface area contributed by atoms with Crippen molar-refractivity contribution in [3.05, 3.63) is 71.8 Å². The number of aryl methyl sites for hydroxylation is 1. The molecule has 0 aliphatic heterocycles. The fraction of sp³-hybridized carbons (Fsp3) is 0.136. The number of nitrogens with zero attached hydrogens (tertiary/aromatic N) is 3. The van der Waals surface area contributed by atoms with E-state index in [2.05, 4.69) is 15.2 Å². The molecule has 2 heterocycles. The van der Waals surface area contributed by atoms with E-state index in [4.69, 9.17) is 0 Å². The first-order valence-corrected chi connectivity index (χ1v) is 8.86. The molecule has 2 aromatic heterocycles. The van der Waals surface area contributed by atoms with E-state index in [0.29, 0.717) is 16.6 Å². The van der Waals surface area contributed by atoms with E-state index in [9.17, 15) is 9.18 Å². The third kappa shape index (κ3) is 3.03. The van der Waals surface area contributed by atoms with Gasteiger partial charge in [0.1, 0.15) is 5.82 Å². The van der Waals surface area contributed by atoms with E-state index >= 15 is 0 Å². The number of fused-ring (bicyclic) bond motifs is 1. The van der Waals surface area contributed by atoms with E-state index in [0.717, 1.165) is 27.8 Å². The minimum atomic E-state index is -0.250. The van der Waals surface area contributed by atoms with Crippen LogP contribution < -0.4 is 0 Å². The molecule has 0 spiro atoms. The standard InChI is InChI=1S/C22H19FN4O/c1-13-9-14(6-7-19(13)23)20-17(5-4-8-24-20)15-10-16-12-25-26-21(16)18(11-15)22(28)27(2)3/h4-12H,1-3H3,(H,25,26). The van der Waals surface area contributed by atoms with E-state index in [1.165, 1.54) is 11.0 Å². The first-order valence-electron chi connectivity index (χ1n) is 8.86. The van der Waals surface area contributed by atoms with Crippen molar-refractivity contribution in [3.8, 4) is 22.4 Å². The maximum absolute atomic E-state index is 13.7. The van der Waals surface area contributed by atoms with E-state index < -0.39 is 0 Å². The van der Waals surface area contributed by atoms with Crippen molar-refractivity contribution in [1.29, 1.82) is 0 Å². The van der Waals surface area contributed by atoms with Crippen LogP contribution in [0.25, 0.3) is 33.3 Å². The van der Waals surface area contributed by atoms with Gasteiger partial charge in [0, 0.05) is 36.8 Å². The van der Waals surface area contributed by atoms with Crippen LogP contribution in [-0.4, -0.2) is 40.1 Å². The van der Waals surface area contributed by atoms with Crippen LogP contribution in [0.1, 0.15) is 15.9 Å². The molecule has 0 bridgehead atoms. The Labute approximate surface area is 161 Å². The van der Waals surface area contributed by atoms with Gasteiger partial charge < -0.3 is 4.90 Å². The Bertz CT molecular complexity index is 1200. The highest BCUT2D eigenvalue weighted by molar-refractivity contribution is 6.07. The number of aromatic nitrogens is 3. The van der Waals surface area contributed by atoms with Crippen molar-refractivity contribution in [3.63, 3.8) is 0 Å². The average Bonchev–Trinajstić information content (AvgIpc) is 3.17. The number of carbonyl (C=O) groups excluding carboxylic acids is 1. The second-order valence-corrected chi connectivity index (χ2v) is 6.92. The lowest BCUT2D eigenvalue weighted by molar-refractivity contribution is 0.0829. The molecule has 2 aromatic carbocycles. The summed E-state index contributed by atoms with van der Waals surface area (Å²) in [6.07, 6.45) is 3.41. The van der Waals surface area contributed by atoms with Crippen molar-refractivity contribution >= 4 is 16.8 Å². The number of nitrogens with one attached hydrogen (secondary N) is 1. The Morgan fingerprint density at radius 3 is 2.68 bits per heavy atom. The van der Waals surface area contributed by atoms with Crippen molar-refractivity contribution in [2.75, 3.05) is 14.1 Å². The lowest BCUT2D eigenvalue weighted by Crippen LogP contribution is -2.22. The summed E-state index contributed by atoms with van der Waals surface area (Å²) in [5, 5.41) is 7.84. The first-order chi connectivity index (χ1) is 13.5. The molecule has 0 saturated carbocycles. The number of amides is 1. The second kappa shape index (κ2) is 6.88. The number of H-pyrrole nitrogens is 1. The molecule has 0 atom stereocenters. The van der Waals surface area contributed by atoms with Gasteiger partial charge in [-0.1, -0.05) is 6.07 Å². The maximum atomic E-state index is 13.7. The third-order valence-electron chi connectivity index (χ3n) is 4.74. The molecule has 0 aliphatic rings. The fourth-order valence-corrected chi connectivity index (χ4v) is 3.28. The van der Waals surface area contributed by atoms with Gasteiger partial charge in [0.15, 0.2) is 0 Å². The second-order valence-electron chi connectivity index (χ2n) is 6.92. The average molecular weight is 374 g/mol. The fourth-order valence-electron chi connectivity index (χ4n) is 3.28. The number of pyridine rings is 1. The molecule has 4 aromatic rings. The molecule has 1 N–H and O–H groups in total. The molecule has 0 radical (unpaired) electrons. The van der Waals surface area contributed by atoms with Gasteiger partial charge in [0.25, 0.3) is 5.91 Å². The van der Waals surface area contributed by atoms with Crippen LogP contribution in [-0.2, 0) is 0 Å². The number of carbonyl (C=O) groups is 1. The monoisotopic (exact) mass is 374 g/mol. The Balaban J connectivity index is 1.94. The molecule has 28 heavy (non-hydrogen) atoms. The summed E-state index contributed by atoms with van der Waals surface area (Å²) >= 11 is 0. The Morgan fingerprint density at radius 1 is 1.11 bits per heavy atom. The summed E-state index contributed by atoms with van der Waals surface area (Å²) in [5.41, 5.74) is 5.07. The molecular weight excluding hydrogens is 355 g/mol. The predicted octanol–water partition coefficient (Wildman–Crippen LogP) is 4.44. The smallest absolute Gasteiger partial charge is 0.255 e. The van der Waals surface area contributed by atoms with Gasteiger partial charge in [-0.15, -0.1) is 0 Å². The number of halogens is 1. The van der Waals surface area contributed by atoms with Crippen molar-refractivity contribution in [2.24, 2.45) is 0 Å². The Kier molecular flexibility index (Phi) is 4.39. The minimum absolute atomic E-state index is 0.112. The van der Waals surface area contributed by atoms with Gasteiger partial charge in [-0.2, -0.15) is 5.10 Å². The molecule has 140 valence electrons. The molecule has 4 rings (SSSR count). The topological polar surface area (TPSA) is 61.9 Å². The maximum Gasteiger partial charge on any atom is 0.255 e. The van der Waals surface area contributed by atoms with E-state index in [-0.39, 0.29) is 11.7 Å². The summed E-state index contributed by atoms with van der Waals surface area (Å²) in [5.74, 6) is -0.362. The Hall–Kier alpha value is -3.54. The lowest BCUT2D eigenvalue weighted by Gasteiger charge is -2.14. The summed E-state index contributed by atoms with van der Waals surface area (Å²) in [4.78, 5) is 18.8. The van der Waals surface area contributed by atoms with Crippen LogP contribution in [0.15, 0.2) is 54.9 Å². The van der Waals surface area contributed by atoms with Gasteiger partial charge in [0.2, 0.25) is 0 Å². The normalized spacial score (nSPS) is 11.0. The van der Waals surface area contributed by atoms with Gasteiger partial charge in [-0.05, 0) is 54.4 Å². The zero-order valence-electron chi connectivity index (χ0n) is 15.8. The van der Waals surface area contributed by atoms with E-state index in [1.54, 1.807) is 45.5 Å². The number of rotatable bonds is 3. The Morgan fingerprint density at radius 2 is 1.93 bits per heavy atom. The SMILES string of the molecule is Cc1cc(-c2ncccc2-c2cc(C(=O)N(C)C)c3[nH]ncc3c2)ccc1F. The number of hydrogen-bond acceptors (Lipinski definition) is 3. The molecule has 0 saturated heterocycles. The molecule has 1 amide bonds. The first kappa shape index (κ1) is 17.9. The van der Waals surface area contributed by atoms with Crippen LogP contribution in [0.2, 0.25) is 0 Å². The summed E-state index contributed by atoms with van der Waals surface area (Å²) in [7, 11) is 3.43. The van der Waals surface area contributed by atoms with Crippen LogP contribution in [0.3, 0.4) is 0 Å². The van der Waals surface area contributed by atoms with Crippen molar-refractivity contribution in [1.82, 2.24) is 20.1 Å². The van der Waals surface area contributed by atoms with Crippen LogP contribution in [0, 0.1) is 12.7 Å². The quantitative estimate of drug-likeness (QED) is 0.577. The summed E-state index contributed by atoms with van der Waals surface area (Å²) in [6.45, 7) is 1.73. The van der Waals surface area contributed by atoms with Gasteiger partial charge >= 0.3 is 0 Å². The van der Waals surface area contributed by atoms with E-state index in [1.807, 2.05) is 24.3 Å². The summed E-state index contributed by atoms with van der Waals surface area (Å²) in [6, 6.07) is 12.6. The highest BCUT2D eigenvalue weighted by Crippen LogP contribution is 2.34. The van der Waals surface area contributed by atoms with Crippen molar-refractivity contribution in [2.45, 2.75) is 6.92 Å². The van der Waals surface area contributed by atoms with Gasteiger partial charge in [0.05, 0.1) is 23.0 Å². The molecule has 6 heteroatoms. The highest BCUT2D eigenvalue weighted by atomic mass is 19.1. The van der Waals surface area contributed by atoms with Crippen LogP contribution in [0.4, 0.5) is 4.39 Å². The molecule has 0 fully saturated rings. The van der Waals surface area contributed by atoms with Crippen LogP contribution >= 0.6 is 0 Å². The van der Waals surface area contributed by atoms with Gasteiger partial charge in [-0.3, -0.25) is 14.9 Å². The van der Waals surface area contributed by atoms with Crippen molar-refractivity contribution < 1.29 is 9.18 Å². The highest BCUT2D eigenvalue weighted by Gasteiger charge is 2.18. The minimum Gasteiger partial charge on any atom is -0.345 e. The third-order valence-corrected chi connectivity index (χ3v) is 4.74. The zero-order valence-corrected chi connectivity index (χ0v) is 15.8.